The van der Waals surface area contributed by atoms with Crippen LogP contribution in [0.5, 0.6) is 0 Å². The lowest BCUT2D eigenvalue weighted by atomic mass is 10.1. The Balaban J connectivity index is 3.84. The molecule has 0 rings (SSSR count). The van der Waals surface area contributed by atoms with Gasteiger partial charge in [0.25, 0.3) is 0 Å². The lowest BCUT2D eigenvalue weighted by molar-refractivity contribution is -0.00609. The van der Waals surface area contributed by atoms with Crippen LogP contribution in [-0.2, 0) is 9.47 Å². The van der Waals surface area contributed by atoms with Crippen LogP contribution in [0, 0.1) is 0 Å². The van der Waals surface area contributed by atoms with Crippen molar-refractivity contribution >= 4 is 21.6 Å². The van der Waals surface area contributed by atoms with E-state index in [4.69, 9.17) is 9.47 Å². The number of hydrogen-bond acceptors (Lipinski definition) is 5. The van der Waals surface area contributed by atoms with Crippen LogP contribution in [0.2, 0.25) is 0 Å². The fourth-order valence-corrected chi connectivity index (χ4v) is 7.61. The third-order valence-electron chi connectivity index (χ3n) is 8.45. The van der Waals surface area contributed by atoms with Crippen molar-refractivity contribution in [2.24, 2.45) is 0 Å². The van der Waals surface area contributed by atoms with Gasteiger partial charge in [-0.15, -0.1) is 0 Å². The Bertz CT molecular complexity index is 722. The molecule has 1 atom stereocenters. The molecule has 0 heterocycles. The van der Waals surface area contributed by atoms with Gasteiger partial charge in [-0.3, -0.25) is 0 Å². The highest BCUT2D eigenvalue weighted by Gasteiger charge is 2.10. The molecule has 0 aliphatic heterocycles. The summed E-state index contributed by atoms with van der Waals surface area (Å²) in [6, 6.07) is 0. The molecule has 3 nitrogen and oxygen atoms in total. The van der Waals surface area contributed by atoms with Crippen LogP contribution in [0.25, 0.3) is 0 Å². The number of hydrogen-bond donors (Lipinski definition) is 0. The molecule has 0 amide bonds. The minimum absolute atomic E-state index is 0.212. The summed E-state index contributed by atoms with van der Waals surface area (Å²) in [7, 11) is 8.21. The molecule has 48 heavy (non-hydrogen) atoms. The molecule has 0 aliphatic carbocycles. The van der Waals surface area contributed by atoms with Crippen LogP contribution in [0.15, 0.2) is 48.6 Å². The lowest BCUT2D eigenvalue weighted by Crippen LogP contribution is -2.23. The fraction of sp³-hybridized carbons (Fsp3) is 0.814. The maximum Gasteiger partial charge on any atom is 0.0906 e. The Kier molecular flexibility index (Phi) is 42.3. The average molecular weight is 708 g/mol. The van der Waals surface area contributed by atoms with Crippen LogP contribution in [-0.4, -0.2) is 63.0 Å². The zero-order chi connectivity index (χ0) is 34.9. The zero-order valence-corrected chi connectivity index (χ0v) is 34.1. The second-order valence-corrected chi connectivity index (χ2v) is 16.3. The average Bonchev–Trinajstić information content (AvgIpc) is 3.08. The summed E-state index contributed by atoms with van der Waals surface area (Å²) < 4.78 is 12.4. The summed E-state index contributed by atoms with van der Waals surface area (Å²) in [5, 5.41) is 0. The molecular weight excluding hydrogens is 627 g/mol. The van der Waals surface area contributed by atoms with Crippen molar-refractivity contribution in [3.63, 3.8) is 0 Å². The summed E-state index contributed by atoms with van der Waals surface area (Å²) in [6.45, 7) is 8.14. The normalized spacial score (nSPS) is 13.1. The van der Waals surface area contributed by atoms with Crippen molar-refractivity contribution in [1.29, 1.82) is 0 Å². The molecule has 0 fully saturated rings. The summed E-state index contributed by atoms with van der Waals surface area (Å²) in [5.74, 6) is 2.17. The van der Waals surface area contributed by atoms with Gasteiger partial charge in [-0.25, -0.2) is 0 Å². The van der Waals surface area contributed by atoms with E-state index in [0.29, 0.717) is 0 Å². The highest BCUT2D eigenvalue weighted by molar-refractivity contribution is 8.76. The number of rotatable bonds is 39. The van der Waals surface area contributed by atoms with Gasteiger partial charge in [-0.2, -0.15) is 0 Å². The molecule has 1 unspecified atom stereocenters. The molecule has 0 N–H and O–H groups in total. The van der Waals surface area contributed by atoms with Crippen molar-refractivity contribution < 1.29 is 9.47 Å². The molecule has 0 aromatic carbocycles. The molecule has 0 bridgehead atoms. The Labute approximate surface area is 309 Å². The summed E-state index contributed by atoms with van der Waals surface area (Å²) in [4.78, 5) is 2.25. The van der Waals surface area contributed by atoms with Crippen molar-refractivity contribution in [3.8, 4) is 0 Å². The number of allylic oxidation sites excluding steroid dienone is 8. The maximum atomic E-state index is 6.33. The van der Waals surface area contributed by atoms with E-state index in [1.807, 2.05) is 21.6 Å². The number of unbranched alkanes of at least 4 members (excludes halogenated alkanes) is 18. The van der Waals surface area contributed by atoms with Gasteiger partial charge in [0.2, 0.25) is 0 Å². The molecule has 282 valence electrons. The Morgan fingerprint density at radius 1 is 0.500 bits per heavy atom. The van der Waals surface area contributed by atoms with Gasteiger partial charge in [0.1, 0.15) is 0 Å². The molecule has 0 aromatic heterocycles. The molecule has 0 radical (unpaired) electrons. The topological polar surface area (TPSA) is 21.7 Å². The monoisotopic (exact) mass is 708 g/mol. The summed E-state index contributed by atoms with van der Waals surface area (Å²) in [6.07, 6.45) is 49.8. The lowest BCUT2D eigenvalue weighted by Gasteiger charge is -2.18. The van der Waals surface area contributed by atoms with Gasteiger partial charge >= 0.3 is 0 Å². The molecule has 0 aromatic rings. The van der Waals surface area contributed by atoms with Crippen molar-refractivity contribution in [3.05, 3.63) is 48.6 Å². The van der Waals surface area contributed by atoms with E-state index in [2.05, 4.69) is 81.5 Å². The highest BCUT2D eigenvalue weighted by atomic mass is 33.1. The minimum Gasteiger partial charge on any atom is -0.379 e. The first-order chi connectivity index (χ1) is 23.7. The van der Waals surface area contributed by atoms with Crippen molar-refractivity contribution in [2.45, 2.75) is 174 Å². The molecule has 0 saturated heterocycles. The predicted molar refractivity (Wildman–Crippen MR) is 223 cm³/mol. The first-order valence-electron chi connectivity index (χ1n) is 20.4. The SMILES string of the molecule is CCCCC/C=C\C/C=C\CCCCCCCCOCC(CSSCCN(C)C)OCCCCCCCC/C=C\C/C=C\CCCCC. The summed E-state index contributed by atoms with van der Waals surface area (Å²) >= 11 is 0. The highest BCUT2D eigenvalue weighted by Crippen LogP contribution is 2.23. The second-order valence-electron chi connectivity index (χ2n) is 13.6. The quantitative estimate of drug-likeness (QED) is 0.0359. The van der Waals surface area contributed by atoms with Gasteiger partial charge in [-0.1, -0.05) is 161 Å². The first-order valence-corrected chi connectivity index (χ1v) is 22.9. The van der Waals surface area contributed by atoms with E-state index >= 15 is 0 Å². The minimum atomic E-state index is 0.212. The van der Waals surface area contributed by atoms with Gasteiger partial charge < -0.3 is 14.4 Å². The zero-order valence-electron chi connectivity index (χ0n) is 32.5. The third kappa shape index (κ3) is 41.7. The largest absolute Gasteiger partial charge is 0.379 e. The Morgan fingerprint density at radius 2 is 0.938 bits per heavy atom. The smallest absolute Gasteiger partial charge is 0.0906 e. The van der Waals surface area contributed by atoms with Gasteiger partial charge in [0, 0.05) is 31.3 Å². The summed E-state index contributed by atoms with van der Waals surface area (Å²) in [5.41, 5.74) is 0. The molecule has 0 saturated carbocycles. The van der Waals surface area contributed by atoms with Crippen LogP contribution >= 0.6 is 21.6 Å². The van der Waals surface area contributed by atoms with Crippen LogP contribution in [0.4, 0.5) is 0 Å². The fourth-order valence-electron chi connectivity index (χ4n) is 5.29. The van der Waals surface area contributed by atoms with E-state index in [0.717, 1.165) is 50.7 Å². The predicted octanol–water partition coefficient (Wildman–Crippen LogP) is 14.0. The number of ether oxygens (including phenoxy) is 2. The maximum absolute atomic E-state index is 6.33. The van der Waals surface area contributed by atoms with E-state index in [1.165, 1.54) is 141 Å². The second kappa shape index (κ2) is 42.7. The van der Waals surface area contributed by atoms with Crippen molar-refractivity contribution in [2.75, 3.05) is 52.0 Å². The van der Waals surface area contributed by atoms with E-state index < -0.39 is 0 Å². The Morgan fingerprint density at radius 3 is 1.42 bits per heavy atom. The first kappa shape index (κ1) is 47.5. The van der Waals surface area contributed by atoms with Gasteiger partial charge in [-0.05, 0) is 91.1 Å². The molecule has 0 aliphatic rings. The van der Waals surface area contributed by atoms with Crippen LogP contribution in [0.1, 0.15) is 168 Å². The number of nitrogens with zero attached hydrogens (tertiary/aromatic N) is 1. The van der Waals surface area contributed by atoms with Crippen molar-refractivity contribution in [1.82, 2.24) is 4.90 Å². The third-order valence-corrected chi connectivity index (χ3v) is 10.9. The van der Waals surface area contributed by atoms with Gasteiger partial charge in [0.05, 0.1) is 12.7 Å². The molecular formula is C43H81NO2S2. The van der Waals surface area contributed by atoms with Crippen LogP contribution in [0.3, 0.4) is 0 Å². The molecule has 0 spiro atoms. The van der Waals surface area contributed by atoms with Crippen LogP contribution < -0.4 is 0 Å². The standard InChI is InChI=1S/C43H81NO2S2/c1-5-7-9-11-13-15-17-19-21-23-25-27-29-31-33-35-38-45-41-43(42-48-47-40-37-44(3)4)46-39-36-34-32-30-28-26-24-22-20-18-16-14-12-10-8-6-2/h13-16,19-22,43H,5-12,17-18,23-42H2,1-4H3/b15-13-,16-14-,21-19-,22-20-. The van der Waals surface area contributed by atoms with E-state index in [-0.39, 0.29) is 6.10 Å². The molecule has 5 heteroatoms. The van der Waals surface area contributed by atoms with E-state index in [1.54, 1.807) is 0 Å². The van der Waals surface area contributed by atoms with Gasteiger partial charge in [0.15, 0.2) is 0 Å². The van der Waals surface area contributed by atoms with E-state index in [9.17, 15) is 0 Å². The Hall–Kier alpha value is -0.460.